The first kappa shape index (κ1) is 18.0. The molecule has 0 bridgehead atoms. The van der Waals surface area contributed by atoms with Crippen LogP contribution in [0.4, 0.5) is 0 Å². The van der Waals surface area contributed by atoms with Crippen LogP contribution in [0.3, 0.4) is 0 Å². The molecule has 1 aromatic rings. The summed E-state index contributed by atoms with van der Waals surface area (Å²) in [5, 5.41) is 3.34. The lowest BCUT2D eigenvalue weighted by molar-refractivity contribution is 0.199. The van der Waals surface area contributed by atoms with E-state index in [1.165, 1.54) is 11.1 Å². The zero-order valence-electron chi connectivity index (χ0n) is 14.3. The molecule has 3 nitrogen and oxygen atoms in total. The maximum absolute atomic E-state index is 5.88. The Hall–Kier alpha value is -1.06. The normalized spacial score (nSPS) is 11.7. The molecule has 21 heavy (non-hydrogen) atoms. The van der Waals surface area contributed by atoms with Crippen molar-refractivity contribution in [2.75, 3.05) is 33.4 Å². The predicted molar refractivity (Wildman–Crippen MR) is 89.4 cm³/mol. The fourth-order valence-electron chi connectivity index (χ4n) is 2.11. The molecule has 3 heteroatoms. The van der Waals surface area contributed by atoms with E-state index in [2.05, 4.69) is 51.2 Å². The lowest BCUT2D eigenvalue weighted by Gasteiger charge is -2.20. The van der Waals surface area contributed by atoms with Crippen LogP contribution in [0.15, 0.2) is 18.2 Å². The van der Waals surface area contributed by atoms with E-state index in [0.717, 1.165) is 44.9 Å². The standard InChI is InChI=1S/C18H31NO2/c1-15-14-16(18(2,3)4)8-9-17(15)21-12-7-6-10-19-11-13-20-5/h8-9,14,19H,6-7,10-13H2,1-5H3. The highest BCUT2D eigenvalue weighted by Crippen LogP contribution is 2.27. The first-order chi connectivity index (χ1) is 9.95. The van der Waals surface area contributed by atoms with Crippen LogP contribution in [0.2, 0.25) is 0 Å². The molecule has 0 atom stereocenters. The Labute approximate surface area is 130 Å². The van der Waals surface area contributed by atoms with Crippen LogP contribution in [0, 0.1) is 6.92 Å². The number of rotatable bonds is 9. The minimum atomic E-state index is 0.192. The van der Waals surface area contributed by atoms with Crippen molar-refractivity contribution in [2.45, 2.75) is 46.0 Å². The molecule has 0 radical (unpaired) electrons. The summed E-state index contributed by atoms with van der Waals surface area (Å²) in [6, 6.07) is 6.52. The molecule has 0 aliphatic carbocycles. The van der Waals surface area contributed by atoms with E-state index in [9.17, 15) is 0 Å². The van der Waals surface area contributed by atoms with E-state index in [4.69, 9.17) is 9.47 Å². The van der Waals surface area contributed by atoms with Crippen molar-refractivity contribution in [1.29, 1.82) is 0 Å². The average Bonchev–Trinajstić information content (AvgIpc) is 2.42. The number of hydrogen-bond acceptors (Lipinski definition) is 3. The highest BCUT2D eigenvalue weighted by Gasteiger charge is 2.14. The highest BCUT2D eigenvalue weighted by molar-refractivity contribution is 5.38. The number of aryl methyl sites for hydroxylation is 1. The molecular formula is C18H31NO2. The number of unbranched alkanes of at least 4 members (excludes halogenated alkanes) is 1. The van der Waals surface area contributed by atoms with Gasteiger partial charge in [-0.15, -0.1) is 0 Å². The van der Waals surface area contributed by atoms with Crippen LogP contribution in [0.5, 0.6) is 5.75 Å². The summed E-state index contributed by atoms with van der Waals surface area (Å²) in [6.07, 6.45) is 2.20. The summed E-state index contributed by atoms with van der Waals surface area (Å²) >= 11 is 0. The van der Waals surface area contributed by atoms with Gasteiger partial charge in [-0.25, -0.2) is 0 Å². The summed E-state index contributed by atoms with van der Waals surface area (Å²) in [6.45, 7) is 12.3. The Balaban J connectivity index is 2.27. The molecule has 0 aliphatic heterocycles. The first-order valence-corrected chi connectivity index (χ1v) is 7.88. The van der Waals surface area contributed by atoms with Gasteiger partial charge < -0.3 is 14.8 Å². The largest absolute Gasteiger partial charge is 0.493 e. The van der Waals surface area contributed by atoms with Crippen LogP contribution < -0.4 is 10.1 Å². The summed E-state index contributed by atoms with van der Waals surface area (Å²) < 4.78 is 10.9. The lowest BCUT2D eigenvalue weighted by atomic mass is 9.86. The molecule has 0 aliphatic rings. The van der Waals surface area contributed by atoms with E-state index in [1.54, 1.807) is 7.11 Å². The van der Waals surface area contributed by atoms with Gasteiger partial charge in [0, 0.05) is 13.7 Å². The first-order valence-electron chi connectivity index (χ1n) is 7.88. The minimum Gasteiger partial charge on any atom is -0.493 e. The van der Waals surface area contributed by atoms with Crippen LogP contribution in [0.25, 0.3) is 0 Å². The van der Waals surface area contributed by atoms with Crippen molar-refractivity contribution in [3.63, 3.8) is 0 Å². The molecule has 0 unspecified atom stereocenters. The van der Waals surface area contributed by atoms with E-state index < -0.39 is 0 Å². The molecule has 120 valence electrons. The smallest absolute Gasteiger partial charge is 0.122 e. The van der Waals surface area contributed by atoms with Crippen LogP contribution >= 0.6 is 0 Å². The van der Waals surface area contributed by atoms with Crippen LogP contribution in [-0.4, -0.2) is 33.4 Å². The van der Waals surface area contributed by atoms with Gasteiger partial charge in [-0.3, -0.25) is 0 Å². The van der Waals surface area contributed by atoms with E-state index in [1.807, 2.05) is 0 Å². The average molecular weight is 293 g/mol. The molecule has 1 aromatic carbocycles. The molecule has 1 N–H and O–H groups in total. The molecule has 0 heterocycles. The Kier molecular flexibility index (Phi) is 7.76. The van der Waals surface area contributed by atoms with Gasteiger partial charge in [0.1, 0.15) is 5.75 Å². The molecule has 0 aromatic heterocycles. The van der Waals surface area contributed by atoms with E-state index >= 15 is 0 Å². The van der Waals surface area contributed by atoms with Gasteiger partial charge in [0.25, 0.3) is 0 Å². The minimum absolute atomic E-state index is 0.192. The molecule has 0 fully saturated rings. The van der Waals surface area contributed by atoms with E-state index in [-0.39, 0.29) is 5.41 Å². The second-order valence-electron chi connectivity index (χ2n) is 6.53. The third kappa shape index (κ3) is 6.96. The molecular weight excluding hydrogens is 262 g/mol. The summed E-state index contributed by atoms with van der Waals surface area (Å²) in [5.74, 6) is 1.01. The van der Waals surface area contributed by atoms with Crippen molar-refractivity contribution >= 4 is 0 Å². The van der Waals surface area contributed by atoms with Gasteiger partial charge in [0.15, 0.2) is 0 Å². The van der Waals surface area contributed by atoms with Crippen molar-refractivity contribution in [2.24, 2.45) is 0 Å². The number of hydrogen-bond donors (Lipinski definition) is 1. The second kappa shape index (κ2) is 9.06. The maximum Gasteiger partial charge on any atom is 0.122 e. The van der Waals surface area contributed by atoms with Crippen molar-refractivity contribution in [3.8, 4) is 5.75 Å². The number of benzene rings is 1. The van der Waals surface area contributed by atoms with Gasteiger partial charge in [0.2, 0.25) is 0 Å². The zero-order valence-corrected chi connectivity index (χ0v) is 14.3. The fraction of sp³-hybridized carbons (Fsp3) is 0.667. The number of nitrogens with one attached hydrogen (secondary N) is 1. The van der Waals surface area contributed by atoms with Crippen molar-refractivity contribution in [1.82, 2.24) is 5.32 Å². The van der Waals surface area contributed by atoms with Gasteiger partial charge in [-0.2, -0.15) is 0 Å². The van der Waals surface area contributed by atoms with Gasteiger partial charge in [-0.1, -0.05) is 32.9 Å². The number of methoxy groups -OCH3 is 1. The second-order valence-corrected chi connectivity index (χ2v) is 6.53. The summed E-state index contributed by atoms with van der Waals surface area (Å²) in [4.78, 5) is 0. The monoisotopic (exact) mass is 293 g/mol. The van der Waals surface area contributed by atoms with Gasteiger partial charge in [-0.05, 0) is 48.9 Å². The fourth-order valence-corrected chi connectivity index (χ4v) is 2.11. The molecule has 0 saturated heterocycles. The van der Waals surface area contributed by atoms with Crippen LogP contribution in [0.1, 0.15) is 44.7 Å². The Bertz CT molecular complexity index is 410. The van der Waals surface area contributed by atoms with Crippen molar-refractivity contribution in [3.05, 3.63) is 29.3 Å². The molecule has 0 spiro atoms. The topological polar surface area (TPSA) is 30.5 Å². The summed E-state index contributed by atoms with van der Waals surface area (Å²) in [7, 11) is 1.72. The van der Waals surface area contributed by atoms with Crippen molar-refractivity contribution < 1.29 is 9.47 Å². The Morgan fingerprint density at radius 1 is 1.05 bits per heavy atom. The molecule has 0 saturated carbocycles. The van der Waals surface area contributed by atoms with E-state index in [0.29, 0.717) is 0 Å². The quantitative estimate of drug-likeness (QED) is 0.704. The maximum atomic E-state index is 5.88. The number of ether oxygens (including phenoxy) is 2. The Morgan fingerprint density at radius 2 is 1.81 bits per heavy atom. The Morgan fingerprint density at radius 3 is 2.43 bits per heavy atom. The molecule has 0 amide bonds. The third-order valence-electron chi connectivity index (χ3n) is 3.53. The SMILES string of the molecule is COCCNCCCCOc1ccc(C(C)(C)C)cc1C. The zero-order chi connectivity index (χ0) is 15.7. The third-order valence-corrected chi connectivity index (χ3v) is 3.53. The lowest BCUT2D eigenvalue weighted by Crippen LogP contribution is -2.20. The van der Waals surface area contributed by atoms with Crippen LogP contribution in [-0.2, 0) is 10.2 Å². The molecule has 1 rings (SSSR count). The predicted octanol–water partition coefficient (Wildman–Crippen LogP) is 3.69. The van der Waals surface area contributed by atoms with Gasteiger partial charge in [0.05, 0.1) is 13.2 Å². The summed E-state index contributed by atoms with van der Waals surface area (Å²) in [5.41, 5.74) is 2.77. The van der Waals surface area contributed by atoms with Gasteiger partial charge >= 0.3 is 0 Å². The highest BCUT2D eigenvalue weighted by atomic mass is 16.5.